The Labute approximate surface area is 99.1 Å². The fourth-order valence-electron chi connectivity index (χ4n) is 2.03. The van der Waals surface area contributed by atoms with E-state index in [1.54, 1.807) is 0 Å². The molecule has 0 aliphatic rings. The molecule has 1 rings (SSSR count). The quantitative estimate of drug-likeness (QED) is 0.837. The first-order chi connectivity index (χ1) is 7.18. The van der Waals surface area contributed by atoms with E-state index in [-0.39, 0.29) is 10.8 Å². The van der Waals surface area contributed by atoms with E-state index >= 15 is 0 Å². The van der Waals surface area contributed by atoms with E-state index < -0.39 is 0 Å². The summed E-state index contributed by atoms with van der Waals surface area (Å²) in [7, 11) is 0. The first kappa shape index (κ1) is 13.2. The van der Waals surface area contributed by atoms with Gasteiger partial charge >= 0.3 is 0 Å². The number of rotatable bonds is 2. The van der Waals surface area contributed by atoms with Crippen LogP contribution in [0.3, 0.4) is 0 Å². The van der Waals surface area contributed by atoms with Crippen LogP contribution in [-0.4, -0.2) is 16.1 Å². The Morgan fingerprint density at radius 1 is 1.12 bits per heavy atom. The minimum atomic E-state index is 0.0858. The van der Waals surface area contributed by atoms with Gasteiger partial charge in [-0.15, -0.1) is 0 Å². The summed E-state index contributed by atoms with van der Waals surface area (Å²) in [6.45, 7) is 14.8. The summed E-state index contributed by atoms with van der Waals surface area (Å²) in [4.78, 5) is 4.58. The van der Waals surface area contributed by atoms with Crippen molar-refractivity contribution in [2.45, 2.75) is 58.9 Å². The average molecular weight is 223 g/mol. The molecule has 0 unspecified atom stereocenters. The van der Waals surface area contributed by atoms with E-state index in [0.29, 0.717) is 6.54 Å². The van der Waals surface area contributed by atoms with Gasteiger partial charge in [0.1, 0.15) is 0 Å². The van der Waals surface area contributed by atoms with Crippen LogP contribution in [0.2, 0.25) is 0 Å². The molecule has 1 heterocycles. The van der Waals surface area contributed by atoms with E-state index in [4.69, 9.17) is 5.73 Å². The van der Waals surface area contributed by atoms with Crippen LogP contribution in [0, 0.1) is 0 Å². The van der Waals surface area contributed by atoms with E-state index in [1.807, 2.05) is 6.33 Å². The summed E-state index contributed by atoms with van der Waals surface area (Å²) in [6.07, 6.45) is 1.92. The predicted molar refractivity (Wildman–Crippen MR) is 68.7 cm³/mol. The summed E-state index contributed by atoms with van der Waals surface area (Å²) in [5.41, 5.74) is 8.33. The zero-order valence-corrected chi connectivity index (χ0v) is 11.5. The number of aromatic nitrogens is 2. The molecule has 92 valence electrons. The monoisotopic (exact) mass is 223 g/mol. The van der Waals surface area contributed by atoms with Crippen molar-refractivity contribution < 1.29 is 0 Å². The molecule has 0 saturated carbocycles. The van der Waals surface area contributed by atoms with Crippen LogP contribution in [0.25, 0.3) is 0 Å². The second-order valence-corrected chi connectivity index (χ2v) is 6.42. The van der Waals surface area contributed by atoms with Gasteiger partial charge < -0.3 is 10.3 Å². The standard InChI is InChI=1S/C13H25N3/c1-12(2,3)10-11(13(4,5)6)16(8-7-14)9-15-10/h9H,7-8,14H2,1-6H3. The average Bonchev–Trinajstić information content (AvgIpc) is 2.46. The first-order valence-electron chi connectivity index (χ1n) is 5.94. The zero-order chi connectivity index (χ0) is 12.6. The van der Waals surface area contributed by atoms with Crippen LogP contribution in [-0.2, 0) is 17.4 Å². The molecule has 1 aromatic heterocycles. The molecule has 0 atom stereocenters. The number of nitrogens with two attached hydrogens (primary N) is 1. The second-order valence-electron chi connectivity index (χ2n) is 6.42. The summed E-state index contributed by atoms with van der Waals surface area (Å²) < 4.78 is 2.20. The van der Waals surface area contributed by atoms with E-state index in [2.05, 4.69) is 51.1 Å². The van der Waals surface area contributed by atoms with Gasteiger partial charge in [0.15, 0.2) is 0 Å². The summed E-state index contributed by atoms with van der Waals surface area (Å²) in [5.74, 6) is 0. The topological polar surface area (TPSA) is 43.8 Å². The van der Waals surface area contributed by atoms with Crippen LogP contribution < -0.4 is 5.73 Å². The Morgan fingerprint density at radius 2 is 1.69 bits per heavy atom. The van der Waals surface area contributed by atoms with Crippen LogP contribution in [0.4, 0.5) is 0 Å². The largest absolute Gasteiger partial charge is 0.333 e. The van der Waals surface area contributed by atoms with Crippen molar-refractivity contribution in [3.05, 3.63) is 17.7 Å². The maximum atomic E-state index is 5.64. The fraction of sp³-hybridized carbons (Fsp3) is 0.769. The van der Waals surface area contributed by atoms with Crippen molar-refractivity contribution in [3.8, 4) is 0 Å². The normalized spacial score (nSPS) is 13.2. The number of imidazole rings is 1. The van der Waals surface area contributed by atoms with Crippen molar-refractivity contribution in [3.63, 3.8) is 0 Å². The third kappa shape index (κ3) is 2.64. The molecule has 0 aromatic carbocycles. The van der Waals surface area contributed by atoms with Gasteiger partial charge in [0.05, 0.1) is 12.0 Å². The molecular formula is C13H25N3. The van der Waals surface area contributed by atoms with Crippen LogP contribution in [0.5, 0.6) is 0 Å². The first-order valence-corrected chi connectivity index (χ1v) is 5.94. The van der Waals surface area contributed by atoms with Crippen LogP contribution in [0.15, 0.2) is 6.33 Å². The van der Waals surface area contributed by atoms with Gasteiger partial charge in [-0.25, -0.2) is 4.98 Å². The van der Waals surface area contributed by atoms with Crippen molar-refractivity contribution in [2.75, 3.05) is 6.54 Å². The predicted octanol–water partition coefficient (Wildman–Crippen LogP) is 2.44. The van der Waals surface area contributed by atoms with Gasteiger partial charge in [0, 0.05) is 29.6 Å². The van der Waals surface area contributed by atoms with Crippen molar-refractivity contribution in [2.24, 2.45) is 5.73 Å². The number of nitrogens with zero attached hydrogens (tertiary/aromatic N) is 2. The number of hydrogen-bond donors (Lipinski definition) is 1. The Balaban J connectivity index is 3.31. The van der Waals surface area contributed by atoms with Crippen molar-refractivity contribution in [1.82, 2.24) is 9.55 Å². The molecule has 1 aromatic rings. The maximum Gasteiger partial charge on any atom is 0.0952 e. The van der Waals surface area contributed by atoms with E-state index in [9.17, 15) is 0 Å². The minimum absolute atomic E-state index is 0.0858. The van der Waals surface area contributed by atoms with Gasteiger partial charge in [-0.1, -0.05) is 41.5 Å². The van der Waals surface area contributed by atoms with Gasteiger partial charge in [-0.05, 0) is 0 Å². The van der Waals surface area contributed by atoms with E-state index in [1.165, 1.54) is 11.4 Å². The molecule has 0 radical (unpaired) electrons. The molecule has 0 fully saturated rings. The summed E-state index contributed by atoms with van der Waals surface area (Å²) >= 11 is 0. The molecule has 0 aliphatic heterocycles. The van der Waals surface area contributed by atoms with Gasteiger partial charge in [-0.3, -0.25) is 0 Å². The molecule has 0 aliphatic carbocycles. The van der Waals surface area contributed by atoms with E-state index in [0.717, 1.165) is 6.54 Å². The highest BCUT2D eigenvalue weighted by atomic mass is 15.1. The Morgan fingerprint density at radius 3 is 2.06 bits per heavy atom. The SMILES string of the molecule is CC(C)(C)c1ncn(CCN)c1C(C)(C)C. The van der Waals surface area contributed by atoms with Gasteiger partial charge in [-0.2, -0.15) is 0 Å². The lowest BCUT2D eigenvalue weighted by Gasteiger charge is -2.27. The lowest BCUT2D eigenvalue weighted by molar-refractivity contribution is 0.483. The Hall–Kier alpha value is -0.830. The summed E-state index contributed by atoms with van der Waals surface area (Å²) in [6, 6.07) is 0. The third-order valence-electron chi connectivity index (χ3n) is 2.63. The molecule has 0 saturated heterocycles. The second kappa shape index (κ2) is 4.21. The molecule has 3 heteroatoms. The lowest BCUT2D eigenvalue weighted by atomic mass is 9.82. The molecule has 0 bridgehead atoms. The molecular weight excluding hydrogens is 198 g/mol. The van der Waals surface area contributed by atoms with Crippen molar-refractivity contribution in [1.29, 1.82) is 0 Å². The zero-order valence-electron chi connectivity index (χ0n) is 11.5. The van der Waals surface area contributed by atoms with Crippen molar-refractivity contribution >= 4 is 0 Å². The molecule has 0 spiro atoms. The highest BCUT2D eigenvalue weighted by Crippen LogP contribution is 2.32. The highest BCUT2D eigenvalue weighted by Gasteiger charge is 2.29. The van der Waals surface area contributed by atoms with Gasteiger partial charge in [0.2, 0.25) is 0 Å². The van der Waals surface area contributed by atoms with Crippen LogP contribution >= 0.6 is 0 Å². The van der Waals surface area contributed by atoms with Gasteiger partial charge in [0.25, 0.3) is 0 Å². The molecule has 3 nitrogen and oxygen atoms in total. The molecule has 2 N–H and O–H groups in total. The highest BCUT2D eigenvalue weighted by molar-refractivity contribution is 5.27. The summed E-state index contributed by atoms with van der Waals surface area (Å²) in [5, 5.41) is 0. The fourth-order valence-corrected chi connectivity index (χ4v) is 2.03. The minimum Gasteiger partial charge on any atom is -0.333 e. The Kier molecular flexibility index (Phi) is 3.48. The third-order valence-corrected chi connectivity index (χ3v) is 2.63. The Bertz CT molecular complexity index is 350. The van der Waals surface area contributed by atoms with Crippen LogP contribution in [0.1, 0.15) is 52.9 Å². The lowest BCUT2D eigenvalue weighted by Crippen LogP contribution is -2.26. The molecule has 16 heavy (non-hydrogen) atoms. The molecule has 0 amide bonds. The smallest absolute Gasteiger partial charge is 0.0952 e. The number of hydrogen-bond acceptors (Lipinski definition) is 2. The maximum absolute atomic E-state index is 5.64.